The van der Waals surface area contributed by atoms with Crippen LogP contribution in [0.3, 0.4) is 0 Å². The predicted octanol–water partition coefficient (Wildman–Crippen LogP) is 3.62. The molecule has 1 saturated heterocycles. The summed E-state index contributed by atoms with van der Waals surface area (Å²) in [5, 5.41) is 6.79. The van der Waals surface area contributed by atoms with E-state index >= 15 is 0 Å². The molecule has 3 rings (SSSR count). The van der Waals surface area contributed by atoms with Crippen LogP contribution in [0.4, 0.5) is 11.5 Å². The molecule has 0 bridgehead atoms. The summed E-state index contributed by atoms with van der Waals surface area (Å²) < 4.78 is 0. The molecular weight excluding hydrogens is 268 g/mol. The lowest BCUT2D eigenvalue weighted by atomic mass is 10.2. The minimum atomic E-state index is 0.200. The van der Waals surface area contributed by atoms with Gasteiger partial charge in [0.05, 0.1) is 22.4 Å². The lowest BCUT2D eigenvalue weighted by molar-refractivity contribution is 0.838. The van der Waals surface area contributed by atoms with Crippen LogP contribution in [0.5, 0.6) is 0 Å². The number of rotatable bonds is 4. The maximum Gasteiger partial charge on any atom is 0.151 e. The average molecular weight is 288 g/mol. The van der Waals surface area contributed by atoms with Gasteiger partial charge in [-0.1, -0.05) is 0 Å². The normalized spacial score (nSPS) is 16.4. The molecule has 2 aromatic heterocycles. The van der Waals surface area contributed by atoms with E-state index in [-0.39, 0.29) is 6.04 Å². The fourth-order valence-corrected chi connectivity index (χ4v) is 3.28. The van der Waals surface area contributed by atoms with Crippen molar-refractivity contribution in [3.63, 3.8) is 0 Å². The second-order valence-corrected chi connectivity index (χ2v) is 6.29. The van der Waals surface area contributed by atoms with Crippen LogP contribution < -0.4 is 10.2 Å². The second kappa shape index (κ2) is 5.79. The van der Waals surface area contributed by atoms with Gasteiger partial charge in [-0.15, -0.1) is 11.3 Å². The molecule has 1 unspecified atom stereocenters. The van der Waals surface area contributed by atoms with Crippen LogP contribution in [0.25, 0.3) is 0 Å². The Morgan fingerprint density at radius 2 is 2.15 bits per heavy atom. The van der Waals surface area contributed by atoms with Crippen LogP contribution in [0, 0.1) is 6.92 Å². The molecule has 0 aliphatic carbocycles. The van der Waals surface area contributed by atoms with Crippen molar-refractivity contribution < 1.29 is 0 Å². The number of anilines is 2. The molecule has 1 atom stereocenters. The summed E-state index contributed by atoms with van der Waals surface area (Å²) in [7, 11) is 0. The summed E-state index contributed by atoms with van der Waals surface area (Å²) in [6.45, 7) is 6.40. The molecule has 1 fully saturated rings. The first kappa shape index (κ1) is 13.4. The maximum atomic E-state index is 4.56. The van der Waals surface area contributed by atoms with Crippen molar-refractivity contribution in [2.75, 3.05) is 23.3 Å². The molecule has 0 spiro atoms. The average Bonchev–Trinajstić information content (AvgIpc) is 3.10. The van der Waals surface area contributed by atoms with E-state index in [1.54, 1.807) is 11.3 Å². The summed E-state index contributed by atoms with van der Waals surface area (Å²) in [4.78, 5) is 11.5. The Balaban J connectivity index is 1.79. The number of hydrogen-bond donors (Lipinski definition) is 1. The topological polar surface area (TPSA) is 41.1 Å². The van der Waals surface area contributed by atoms with Crippen LogP contribution in [-0.4, -0.2) is 23.1 Å². The van der Waals surface area contributed by atoms with Crippen LogP contribution in [0.2, 0.25) is 0 Å². The molecule has 3 heterocycles. The smallest absolute Gasteiger partial charge is 0.151 e. The van der Waals surface area contributed by atoms with Gasteiger partial charge in [0.2, 0.25) is 0 Å². The van der Waals surface area contributed by atoms with Crippen molar-refractivity contribution in [1.29, 1.82) is 0 Å². The Morgan fingerprint density at radius 1 is 1.35 bits per heavy atom. The van der Waals surface area contributed by atoms with Crippen molar-refractivity contribution in [1.82, 2.24) is 9.97 Å². The van der Waals surface area contributed by atoms with Gasteiger partial charge in [-0.3, -0.25) is 0 Å². The number of hydrogen-bond acceptors (Lipinski definition) is 5. The van der Waals surface area contributed by atoms with Crippen molar-refractivity contribution in [3.8, 4) is 0 Å². The first-order valence-electron chi connectivity index (χ1n) is 7.12. The van der Waals surface area contributed by atoms with Crippen LogP contribution in [-0.2, 0) is 0 Å². The molecule has 1 aliphatic heterocycles. The van der Waals surface area contributed by atoms with Gasteiger partial charge in [0, 0.05) is 24.7 Å². The zero-order chi connectivity index (χ0) is 13.9. The summed E-state index contributed by atoms with van der Waals surface area (Å²) >= 11 is 1.70. The lowest BCUT2D eigenvalue weighted by Crippen LogP contribution is -2.21. The number of thiazole rings is 1. The molecule has 2 aromatic rings. The minimum Gasteiger partial charge on any atom is -0.374 e. The Labute approximate surface area is 123 Å². The van der Waals surface area contributed by atoms with Crippen LogP contribution in [0.1, 0.15) is 36.5 Å². The number of aryl methyl sites for hydroxylation is 1. The minimum absolute atomic E-state index is 0.200. The summed E-state index contributed by atoms with van der Waals surface area (Å²) in [5.41, 5.74) is 2.20. The molecule has 106 valence electrons. The van der Waals surface area contributed by atoms with Gasteiger partial charge in [-0.2, -0.15) is 0 Å². The Morgan fingerprint density at radius 3 is 2.85 bits per heavy atom. The fraction of sp³-hybridized carbons (Fsp3) is 0.467. The van der Waals surface area contributed by atoms with E-state index in [0.29, 0.717) is 0 Å². The predicted molar refractivity (Wildman–Crippen MR) is 84.6 cm³/mol. The van der Waals surface area contributed by atoms with E-state index in [2.05, 4.69) is 38.6 Å². The first-order chi connectivity index (χ1) is 9.74. The van der Waals surface area contributed by atoms with Gasteiger partial charge in [0.15, 0.2) is 5.82 Å². The van der Waals surface area contributed by atoms with Gasteiger partial charge in [0.1, 0.15) is 0 Å². The quantitative estimate of drug-likeness (QED) is 0.933. The molecule has 5 heteroatoms. The fourth-order valence-electron chi connectivity index (χ4n) is 2.58. The van der Waals surface area contributed by atoms with Crippen LogP contribution in [0.15, 0.2) is 23.7 Å². The molecule has 0 saturated carbocycles. The van der Waals surface area contributed by atoms with Crippen molar-refractivity contribution >= 4 is 22.8 Å². The zero-order valence-electron chi connectivity index (χ0n) is 12.0. The van der Waals surface area contributed by atoms with Gasteiger partial charge >= 0.3 is 0 Å². The Hall–Kier alpha value is -1.62. The van der Waals surface area contributed by atoms with E-state index < -0.39 is 0 Å². The molecule has 20 heavy (non-hydrogen) atoms. The summed E-state index contributed by atoms with van der Waals surface area (Å²) in [6, 6.07) is 4.29. The largest absolute Gasteiger partial charge is 0.374 e. The van der Waals surface area contributed by atoms with E-state index in [0.717, 1.165) is 35.3 Å². The van der Waals surface area contributed by atoms with E-state index in [4.69, 9.17) is 0 Å². The van der Waals surface area contributed by atoms with E-state index in [9.17, 15) is 0 Å². The summed E-state index contributed by atoms with van der Waals surface area (Å²) in [6.07, 6.45) is 4.39. The maximum absolute atomic E-state index is 4.56. The second-order valence-electron chi connectivity index (χ2n) is 5.23. The lowest BCUT2D eigenvalue weighted by Gasteiger charge is -2.22. The zero-order valence-corrected chi connectivity index (χ0v) is 12.8. The molecular formula is C15H20N4S. The molecule has 0 aromatic carbocycles. The van der Waals surface area contributed by atoms with Gasteiger partial charge in [-0.25, -0.2) is 9.97 Å². The SMILES string of the molecule is Cc1nc(C(C)Nc2cccnc2N2CCCC2)cs1. The number of nitrogens with one attached hydrogen (secondary N) is 1. The molecule has 0 radical (unpaired) electrons. The van der Waals surface area contributed by atoms with E-state index in [1.165, 1.54) is 12.8 Å². The van der Waals surface area contributed by atoms with Crippen molar-refractivity contribution in [2.24, 2.45) is 0 Å². The highest BCUT2D eigenvalue weighted by Gasteiger charge is 2.18. The highest BCUT2D eigenvalue weighted by molar-refractivity contribution is 7.09. The van der Waals surface area contributed by atoms with Gasteiger partial charge in [0.25, 0.3) is 0 Å². The third kappa shape index (κ3) is 2.77. The van der Waals surface area contributed by atoms with Crippen molar-refractivity contribution in [3.05, 3.63) is 34.4 Å². The monoisotopic (exact) mass is 288 g/mol. The Kier molecular flexibility index (Phi) is 3.87. The molecule has 1 N–H and O–H groups in total. The highest BCUT2D eigenvalue weighted by Crippen LogP contribution is 2.29. The third-order valence-corrected chi connectivity index (χ3v) is 4.44. The molecule has 4 nitrogen and oxygen atoms in total. The first-order valence-corrected chi connectivity index (χ1v) is 8.00. The summed E-state index contributed by atoms with van der Waals surface area (Å²) in [5.74, 6) is 1.07. The number of nitrogens with zero attached hydrogens (tertiary/aromatic N) is 3. The molecule has 0 amide bonds. The third-order valence-electron chi connectivity index (χ3n) is 3.64. The van der Waals surface area contributed by atoms with Gasteiger partial charge in [-0.05, 0) is 38.8 Å². The van der Waals surface area contributed by atoms with Crippen molar-refractivity contribution in [2.45, 2.75) is 32.7 Å². The van der Waals surface area contributed by atoms with Crippen LogP contribution >= 0.6 is 11.3 Å². The van der Waals surface area contributed by atoms with Gasteiger partial charge < -0.3 is 10.2 Å². The van der Waals surface area contributed by atoms with E-state index in [1.807, 2.05) is 19.2 Å². The number of aromatic nitrogens is 2. The molecule has 1 aliphatic rings. The highest BCUT2D eigenvalue weighted by atomic mass is 32.1. The standard InChI is InChI=1S/C15H20N4S/c1-11(14-10-20-12(2)18-14)17-13-6-5-7-16-15(13)19-8-3-4-9-19/h5-7,10-11,17H,3-4,8-9H2,1-2H3. The number of pyridine rings is 1. The Bertz CT molecular complexity index is 575.